The fraction of sp³-hybridized carbons (Fsp3) is 0.100. The van der Waals surface area contributed by atoms with Crippen LogP contribution >= 0.6 is 0 Å². The normalized spacial score (nSPS) is 11.6. The molecule has 10 heteroatoms. The van der Waals surface area contributed by atoms with Gasteiger partial charge in [0.1, 0.15) is 5.82 Å². The highest BCUT2D eigenvalue weighted by Crippen LogP contribution is 2.21. The van der Waals surface area contributed by atoms with Gasteiger partial charge in [0, 0.05) is 25.6 Å². The first-order chi connectivity index (χ1) is 14.5. The summed E-state index contributed by atoms with van der Waals surface area (Å²) in [5.41, 5.74) is 3.47. The van der Waals surface area contributed by atoms with Crippen molar-refractivity contribution in [2.75, 3.05) is 12.4 Å². The van der Waals surface area contributed by atoms with Gasteiger partial charge in [-0.25, -0.2) is 19.9 Å². The van der Waals surface area contributed by atoms with E-state index in [2.05, 4.69) is 37.2 Å². The van der Waals surface area contributed by atoms with Crippen LogP contribution in [0.1, 0.15) is 11.1 Å². The van der Waals surface area contributed by atoms with Crippen LogP contribution in [-0.2, 0) is 6.54 Å². The third kappa shape index (κ3) is 4.18. The van der Waals surface area contributed by atoms with Gasteiger partial charge in [0.2, 0.25) is 5.95 Å². The van der Waals surface area contributed by atoms with Crippen LogP contribution in [0.15, 0.2) is 61.8 Å². The molecule has 0 bridgehead atoms. The lowest BCUT2D eigenvalue weighted by Crippen LogP contribution is -2.19. The Labute approximate surface area is 171 Å². The smallest absolute Gasteiger partial charge is 0.229 e. The van der Waals surface area contributed by atoms with Crippen molar-refractivity contribution in [3.05, 3.63) is 78.8 Å². The van der Waals surface area contributed by atoms with E-state index in [1.54, 1.807) is 48.8 Å². The molecule has 0 aliphatic heterocycles. The molecule has 0 atom stereocenters. The van der Waals surface area contributed by atoms with E-state index in [-0.39, 0.29) is 5.82 Å². The van der Waals surface area contributed by atoms with Gasteiger partial charge in [-0.15, -0.1) is 0 Å². The van der Waals surface area contributed by atoms with Crippen molar-refractivity contribution in [2.45, 2.75) is 6.54 Å². The number of nitrogens with one attached hydrogen (secondary N) is 2. The SMILES string of the molecule is C=C/C(=C\N(C)N)c1cc(F)cc(Cn2ncc3cnc(Nc4cn[nH]c4)nc32)c1. The Morgan fingerprint density at radius 3 is 2.93 bits per heavy atom. The number of aromatic nitrogens is 6. The van der Waals surface area contributed by atoms with Crippen molar-refractivity contribution in [3.63, 3.8) is 0 Å². The van der Waals surface area contributed by atoms with Gasteiger partial charge in [-0.1, -0.05) is 12.7 Å². The molecule has 0 spiro atoms. The van der Waals surface area contributed by atoms with Gasteiger partial charge in [-0.3, -0.25) is 5.10 Å². The third-order valence-corrected chi connectivity index (χ3v) is 4.32. The lowest BCUT2D eigenvalue weighted by Gasteiger charge is -2.11. The summed E-state index contributed by atoms with van der Waals surface area (Å²) in [4.78, 5) is 8.81. The number of nitrogens with two attached hydrogens (primary N) is 1. The number of H-pyrrole nitrogens is 1. The molecule has 152 valence electrons. The molecule has 0 saturated carbocycles. The van der Waals surface area contributed by atoms with E-state index in [1.807, 2.05) is 6.07 Å². The van der Waals surface area contributed by atoms with E-state index in [9.17, 15) is 4.39 Å². The zero-order valence-corrected chi connectivity index (χ0v) is 16.2. The predicted octanol–water partition coefficient (Wildman–Crippen LogP) is 2.81. The molecular formula is C20H20FN9. The fourth-order valence-corrected chi connectivity index (χ4v) is 3.04. The first kappa shape index (κ1) is 19.3. The summed E-state index contributed by atoms with van der Waals surface area (Å²) in [6.45, 7) is 4.12. The van der Waals surface area contributed by atoms with Crippen LogP contribution in [0.25, 0.3) is 16.6 Å². The molecule has 30 heavy (non-hydrogen) atoms. The fourth-order valence-electron chi connectivity index (χ4n) is 3.04. The Balaban J connectivity index is 1.66. The molecule has 3 heterocycles. The number of aromatic amines is 1. The lowest BCUT2D eigenvalue weighted by atomic mass is 10.0. The largest absolute Gasteiger partial charge is 0.321 e. The summed E-state index contributed by atoms with van der Waals surface area (Å²) in [6.07, 6.45) is 9.99. The first-order valence-corrected chi connectivity index (χ1v) is 9.08. The molecule has 9 nitrogen and oxygen atoms in total. The van der Waals surface area contributed by atoms with Crippen LogP contribution < -0.4 is 11.2 Å². The maximum atomic E-state index is 14.3. The molecule has 0 saturated heterocycles. The van der Waals surface area contributed by atoms with E-state index in [0.717, 1.165) is 16.6 Å². The molecule has 4 N–H and O–H groups in total. The van der Waals surface area contributed by atoms with Crippen molar-refractivity contribution in [1.29, 1.82) is 0 Å². The van der Waals surface area contributed by atoms with Gasteiger partial charge in [-0.2, -0.15) is 15.2 Å². The molecule has 0 fully saturated rings. The number of hydrazine groups is 1. The van der Waals surface area contributed by atoms with E-state index in [1.165, 1.54) is 17.1 Å². The van der Waals surface area contributed by atoms with E-state index in [4.69, 9.17) is 5.84 Å². The average molecular weight is 405 g/mol. The highest BCUT2D eigenvalue weighted by molar-refractivity contribution is 5.76. The summed E-state index contributed by atoms with van der Waals surface area (Å²) in [7, 11) is 1.69. The second kappa shape index (κ2) is 8.13. The Kier molecular flexibility index (Phi) is 5.22. The molecule has 0 amide bonds. The molecule has 4 aromatic rings. The monoisotopic (exact) mass is 405 g/mol. The van der Waals surface area contributed by atoms with E-state index >= 15 is 0 Å². The summed E-state index contributed by atoms with van der Waals surface area (Å²) >= 11 is 0. The topological polar surface area (TPSA) is 114 Å². The number of allylic oxidation sites excluding steroid dienone is 2. The summed E-state index contributed by atoms with van der Waals surface area (Å²) < 4.78 is 16.0. The molecular weight excluding hydrogens is 385 g/mol. The third-order valence-electron chi connectivity index (χ3n) is 4.32. The molecule has 0 radical (unpaired) electrons. The second-order valence-corrected chi connectivity index (χ2v) is 6.69. The first-order valence-electron chi connectivity index (χ1n) is 9.08. The minimum Gasteiger partial charge on any atom is -0.321 e. The average Bonchev–Trinajstić information content (AvgIpc) is 3.36. The Bertz CT molecular complexity index is 1210. The number of anilines is 2. The van der Waals surface area contributed by atoms with Gasteiger partial charge in [0.25, 0.3) is 0 Å². The number of halogens is 1. The number of hydrogen-bond acceptors (Lipinski definition) is 7. The van der Waals surface area contributed by atoms with Gasteiger partial charge in [0.15, 0.2) is 5.65 Å². The quantitative estimate of drug-likeness (QED) is 0.246. The van der Waals surface area contributed by atoms with Gasteiger partial charge >= 0.3 is 0 Å². The minimum absolute atomic E-state index is 0.333. The lowest BCUT2D eigenvalue weighted by molar-refractivity contribution is 0.486. The van der Waals surface area contributed by atoms with Crippen molar-refractivity contribution in [1.82, 2.24) is 35.0 Å². The highest BCUT2D eigenvalue weighted by atomic mass is 19.1. The molecule has 0 aliphatic rings. The molecule has 0 unspecified atom stereocenters. The van der Waals surface area contributed by atoms with Crippen molar-refractivity contribution >= 4 is 28.2 Å². The number of fused-ring (bicyclic) bond motifs is 1. The number of nitrogens with zero attached hydrogens (tertiary/aromatic N) is 6. The van der Waals surface area contributed by atoms with Crippen LogP contribution in [0.5, 0.6) is 0 Å². The number of benzene rings is 1. The molecule has 1 aromatic carbocycles. The zero-order valence-electron chi connectivity index (χ0n) is 16.2. The Hall–Kier alpha value is -4.05. The van der Waals surface area contributed by atoms with E-state index in [0.29, 0.717) is 29.3 Å². The summed E-state index contributed by atoms with van der Waals surface area (Å²) in [6, 6.07) is 4.78. The van der Waals surface area contributed by atoms with Crippen molar-refractivity contribution in [3.8, 4) is 0 Å². The predicted molar refractivity (Wildman–Crippen MR) is 113 cm³/mol. The summed E-state index contributed by atoms with van der Waals surface area (Å²) in [5.74, 6) is 5.74. The van der Waals surface area contributed by atoms with Crippen molar-refractivity contribution in [2.24, 2.45) is 5.84 Å². The number of rotatable bonds is 7. The highest BCUT2D eigenvalue weighted by Gasteiger charge is 2.10. The maximum Gasteiger partial charge on any atom is 0.229 e. The van der Waals surface area contributed by atoms with Gasteiger partial charge in [0.05, 0.1) is 30.0 Å². The Morgan fingerprint density at radius 1 is 1.33 bits per heavy atom. The minimum atomic E-state index is -0.358. The van der Waals surface area contributed by atoms with Gasteiger partial charge < -0.3 is 10.3 Å². The van der Waals surface area contributed by atoms with Crippen LogP contribution in [0, 0.1) is 5.82 Å². The maximum absolute atomic E-state index is 14.3. The standard InChI is InChI=1S/C20H20FN9/c1-3-14(12-29(2)22)15-4-13(5-17(21)6-15)11-30-19-16(8-26-30)7-23-20(28-19)27-18-9-24-25-10-18/h3-10,12H,1,11,22H2,2H3,(H,24,25)(H,23,27,28)/b14-12+. The van der Waals surface area contributed by atoms with Crippen LogP contribution in [0.2, 0.25) is 0 Å². The van der Waals surface area contributed by atoms with Crippen LogP contribution in [0.4, 0.5) is 16.0 Å². The van der Waals surface area contributed by atoms with E-state index < -0.39 is 0 Å². The van der Waals surface area contributed by atoms with Gasteiger partial charge in [-0.05, 0) is 34.9 Å². The molecule has 0 aliphatic carbocycles. The Morgan fingerprint density at radius 2 is 2.20 bits per heavy atom. The zero-order chi connectivity index (χ0) is 21.1. The van der Waals surface area contributed by atoms with Crippen LogP contribution in [-0.4, -0.2) is 42.0 Å². The van der Waals surface area contributed by atoms with Crippen LogP contribution in [0.3, 0.4) is 0 Å². The second-order valence-electron chi connectivity index (χ2n) is 6.69. The molecule has 3 aromatic heterocycles. The molecule has 4 rings (SSSR count). The van der Waals surface area contributed by atoms with Crippen molar-refractivity contribution < 1.29 is 4.39 Å². The number of hydrogen-bond donors (Lipinski definition) is 3. The summed E-state index contributed by atoms with van der Waals surface area (Å²) in [5, 5.41) is 16.2.